The van der Waals surface area contributed by atoms with Gasteiger partial charge >= 0.3 is 5.97 Å². The van der Waals surface area contributed by atoms with E-state index in [4.69, 9.17) is 10.1 Å². The van der Waals surface area contributed by atoms with Gasteiger partial charge in [-0.15, -0.1) is 11.3 Å². The van der Waals surface area contributed by atoms with Gasteiger partial charge in [-0.3, -0.25) is 29.2 Å². The summed E-state index contributed by atoms with van der Waals surface area (Å²) in [5.41, 5.74) is 9.78. The molecule has 0 saturated carbocycles. The Hall–Kier alpha value is -7.35. The van der Waals surface area contributed by atoms with Crippen molar-refractivity contribution in [2.24, 2.45) is 5.41 Å². The number of carboxylic acid groups (broad SMARTS) is 1. The van der Waals surface area contributed by atoms with Crippen molar-refractivity contribution in [1.82, 2.24) is 40.3 Å². The highest BCUT2D eigenvalue weighted by atomic mass is 32.1. The van der Waals surface area contributed by atoms with Crippen LogP contribution >= 0.6 is 22.7 Å². The molecule has 2 unspecified atom stereocenters. The first-order chi connectivity index (χ1) is 36.3. The number of fused-ring (bicyclic) bond motifs is 2. The van der Waals surface area contributed by atoms with Crippen molar-refractivity contribution >= 4 is 73.4 Å². The number of aromatic nitrogens is 5. The molecule has 1 fully saturated rings. The zero-order chi connectivity index (χ0) is 54.0. The predicted octanol–water partition coefficient (Wildman–Crippen LogP) is 9.05. The number of aliphatic hydroxyl groups is 1. The molecule has 17 nitrogen and oxygen atoms in total. The van der Waals surface area contributed by atoms with Crippen molar-refractivity contribution < 1.29 is 34.2 Å². The number of thiazole rings is 2. The number of nitrogens with zero attached hydrogens (tertiary/aromatic N) is 7. The van der Waals surface area contributed by atoms with E-state index in [0.717, 1.165) is 48.7 Å². The number of carboxylic acids is 1. The molecular weight excluding hydrogens is 1000 g/mol. The number of carbonyl (C=O) groups excluding carboxylic acids is 4. The number of hydrogen-bond donors (Lipinski definition) is 5. The number of β-amino-alcohol motifs (C(OH)–C–C–N with tert-alkyl or cyclic N) is 1. The van der Waals surface area contributed by atoms with Gasteiger partial charge in [0, 0.05) is 61.4 Å². The third-order valence-corrected chi connectivity index (χ3v) is 16.4. The molecule has 3 aromatic carbocycles. The molecule has 4 atom stereocenters. The quantitative estimate of drug-likeness (QED) is 0.0539. The van der Waals surface area contributed by atoms with Gasteiger partial charge in [0.2, 0.25) is 17.7 Å². The number of para-hydroxylation sites is 1. The van der Waals surface area contributed by atoms with Gasteiger partial charge in [0.05, 0.1) is 44.1 Å². The monoisotopic (exact) mass is 1060 g/mol. The number of rotatable bonds is 17. The summed E-state index contributed by atoms with van der Waals surface area (Å²) in [6, 6.07) is 22.8. The Balaban J connectivity index is 0.787. The predicted molar refractivity (Wildman–Crippen MR) is 295 cm³/mol. The van der Waals surface area contributed by atoms with Crippen LogP contribution in [0.15, 0.2) is 84.4 Å². The van der Waals surface area contributed by atoms with Crippen LogP contribution in [0.4, 0.5) is 10.9 Å². The van der Waals surface area contributed by atoms with E-state index in [1.807, 2.05) is 130 Å². The summed E-state index contributed by atoms with van der Waals surface area (Å²) in [5.74, 6) is -2.01. The number of pyridine rings is 1. The lowest BCUT2D eigenvalue weighted by Crippen LogP contribution is -2.57. The lowest BCUT2D eigenvalue weighted by atomic mass is 9.85. The number of anilines is 2. The van der Waals surface area contributed by atoms with Gasteiger partial charge in [-0.1, -0.05) is 87.1 Å². The summed E-state index contributed by atoms with van der Waals surface area (Å²) in [6.07, 6.45) is 1.94. The fourth-order valence-electron chi connectivity index (χ4n) is 10.3. The largest absolute Gasteiger partial charge is 0.476 e. The molecule has 0 spiro atoms. The Bertz CT molecular complexity index is 3290. The molecule has 4 amide bonds. The van der Waals surface area contributed by atoms with Crippen LogP contribution in [0.5, 0.6) is 0 Å². The molecule has 0 radical (unpaired) electrons. The van der Waals surface area contributed by atoms with Crippen LogP contribution in [0.2, 0.25) is 0 Å². The SMILES string of the molecule is Cc1ncsc1-c1ccc(C(C)NC(=O)[C@@H]2C[C@@H](O)CN2C(=O)C(NC(=O)CCCCCn2nc(C)c(-c3ccc(N4CCc5cccc(C(=O)Nc6nc7ccccc7s6)c5C4)nc3C(=O)O)c2C)C(C)(C)C)cc1. The van der Waals surface area contributed by atoms with E-state index in [0.29, 0.717) is 78.7 Å². The lowest BCUT2D eigenvalue weighted by molar-refractivity contribution is -0.144. The number of aliphatic hydroxyl groups excluding tert-OH is 1. The van der Waals surface area contributed by atoms with Gasteiger partial charge in [0.25, 0.3) is 5.91 Å². The van der Waals surface area contributed by atoms with Gasteiger partial charge in [0.15, 0.2) is 10.8 Å². The molecule has 1 saturated heterocycles. The molecule has 396 valence electrons. The molecule has 9 rings (SSSR count). The topological polar surface area (TPSA) is 225 Å². The number of unbranched alkanes of at least 4 members (excludes halogenated alkanes) is 2. The highest BCUT2D eigenvalue weighted by Crippen LogP contribution is 2.35. The number of nitrogens with one attached hydrogen (secondary N) is 3. The summed E-state index contributed by atoms with van der Waals surface area (Å²) >= 11 is 2.98. The van der Waals surface area contributed by atoms with Gasteiger partial charge in [-0.05, 0) is 105 Å². The van der Waals surface area contributed by atoms with Crippen LogP contribution < -0.4 is 20.9 Å². The summed E-state index contributed by atoms with van der Waals surface area (Å²) in [4.78, 5) is 86.2. The maximum Gasteiger partial charge on any atom is 0.355 e. The molecule has 19 heteroatoms. The number of carbonyl (C=O) groups is 5. The minimum absolute atomic E-state index is 0.0186. The summed E-state index contributed by atoms with van der Waals surface area (Å²) in [5, 5.41) is 35.6. The maximum absolute atomic E-state index is 14.3. The van der Waals surface area contributed by atoms with Crippen molar-refractivity contribution in [2.75, 3.05) is 23.3 Å². The number of aromatic carboxylic acids is 1. The van der Waals surface area contributed by atoms with Crippen LogP contribution in [0.25, 0.3) is 31.8 Å². The van der Waals surface area contributed by atoms with Gasteiger partial charge in [-0.2, -0.15) is 5.10 Å². The average Bonchev–Trinajstić information content (AvgIpc) is 4.21. The molecule has 5 N–H and O–H groups in total. The van der Waals surface area contributed by atoms with Crippen molar-refractivity contribution in [2.45, 2.75) is 124 Å². The van der Waals surface area contributed by atoms with E-state index in [9.17, 15) is 34.2 Å². The highest BCUT2D eigenvalue weighted by Gasteiger charge is 2.45. The summed E-state index contributed by atoms with van der Waals surface area (Å²) < 4.78 is 2.84. The summed E-state index contributed by atoms with van der Waals surface area (Å²) in [6.45, 7) is 14.7. The molecule has 4 aromatic heterocycles. The van der Waals surface area contributed by atoms with Crippen LogP contribution in [0, 0.1) is 26.2 Å². The molecule has 2 aliphatic heterocycles. The highest BCUT2D eigenvalue weighted by molar-refractivity contribution is 7.22. The van der Waals surface area contributed by atoms with E-state index in [1.54, 1.807) is 23.5 Å². The molecule has 7 aromatic rings. The van der Waals surface area contributed by atoms with E-state index in [-0.39, 0.29) is 48.8 Å². The van der Waals surface area contributed by atoms with Crippen LogP contribution in [-0.4, -0.2) is 101 Å². The van der Waals surface area contributed by atoms with E-state index in [1.165, 1.54) is 16.2 Å². The van der Waals surface area contributed by atoms with Crippen molar-refractivity contribution in [3.63, 3.8) is 0 Å². The second-order valence-electron chi connectivity index (χ2n) is 20.9. The van der Waals surface area contributed by atoms with E-state index >= 15 is 0 Å². The Labute approximate surface area is 449 Å². The lowest BCUT2D eigenvalue weighted by Gasteiger charge is -2.35. The second kappa shape index (κ2) is 22.5. The van der Waals surface area contributed by atoms with Crippen molar-refractivity contribution in [3.05, 3.63) is 129 Å². The van der Waals surface area contributed by atoms with Crippen molar-refractivity contribution in [1.29, 1.82) is 0 Å². The first-order valence-electron chi connectivity index (χ1n) is 25.7. The molecular formula is C57H64N10O7S2. The minimum atomic E-state index is -1.17. The second-order valence-corrected chi connectivity index (χ2v) is 22.8. The number of hydrogen-bond acceptors (Lipinski definition) is 13. The maximum atomic E-state index is 14.3. The molecule has 0 bridgehead atoms. The molecule has 0 aliphatic carbocycles. The Morgan fingerprint density at radius 3 is 2.38 bits per heavy atom. The molecule has 6 heterocycles. The van der Waals surface area contributed by atoms with Gasteiger partial charge < -0.3 is 30.6 Å². The Morgan fingerprint density at radius 2 is 1.66 bits per heavy atom. The summed E-state index contributed by atoms with van der Waals surface area (Å²) in [7, 11) is 0. The van der Waals surface area contributed by atoms with Crippen molar-refractivity contribution in [3.8, 4) is 21.6 Å². The third-order valence-electron chi connectivity index (χ3n) is 14.4. The first kappa shape index (κ1) is 53.5. The van der Waals surface area contributed by atoms with Gasteiger partial charge in [-0.25, -0.2) is 19.7 Å². The zero-order valence-corrected chi connectivity index (χ0v) is 45.5. The Morgan fingerprint density at radius 1 is 0.882 bits per heavy atom. The average molecular weight is 1070 g/mol. The van der Waals surface area contributed by atoms with E-state index < -0.39 is 35.5 Å². The third kappa shape index (κ3) is 11.6. The number of aryl methyl sites for hydroxylation is 3. The molecule has 2 aliphatic rings. The molecule has 76 heavy (non-hydrogen) atoms. The first-order valence-corrected chi connectivity index (χ1v) is 27.4. The smallest absolute Gasteiger partial charge is 0.355 e. The Kier molecular flexibility index (Phi) is 15.8. The fourth-order valence-corrected chi connectivity index (χ4v) is 12.0. The standard InChI is InChI=1S/C57H64N10O7S2/c1-32(36-19-21-38(22-20-36)50-34(3)58-31-75-50)59-53(71)44-28-39(68)29-66(44)54(72)51(57(5,6)7)62-47(69)18-9-8-12-26-67-35(4)48(33(2)64-67)41-23-24-46(61-49(41)55(73)74)65-27-25-37-14-13-15-40(42(37)30-65)52(70)63-56-60-43-16-10-11-17-45(43)76-56/h10-11,13-17,19-24,31-32,39,44,51,68H,8-9,12,18,25-30H2,1-7H3,(H,59,71)(H,62,69)(H,73,74)(H,60,63,70)/t32?,39-,44+,51?/m1/s1. The van der Waals surface area contributed by atoms with E-state index in [2.05, 4.69) is 25.9 Å². The minimum Gasteiger partial charge on any atom is -0.476 e. The van der Waals surface area contributed by atoms with Gasteiger partial charge in [0.1, 0.15) is 17.9 Å². The fraction of sp³-hybridized carbons (Fsp3) is 0.386. The number of likely N-dealkylation sites (tertiary alicyclic amines) is 1. The van der Waals surface area contributed by atoms with Crippen LogP contribution in [0.3, 0.4) is 0 Å². The number of amides is 4. The van der Waals surface area contributed by atoms with Crippen LogP contribution in [0.1, 0.15) is 120 Å². The normalized spacial score (nSPS) is 16.3. The van der Waals surface area contributed by atoms with Crippen LogP contribution in [-0.2, 0) is 33.9 Å². The number of benzene rings is 3. The zero-order valence-electron chi connectivity index (χ0n) is 43.8.